The summed E-state index contributed by atoms with van der Waals surface area (Å²) in [5, 5.41) is 10.6. The standard InChI is InChI=1S/C23H38O2/c1-21(24)11-9-16-15(13-21)7-8-18-17(16)10-12-22(2)19(18)5-4-6-20(22)23(3)14-25-23/h15-20,24H,4-14H2,1-3H3/t15-,16+,17-,18-,19+,20+,21-,22+,23?/m1/s1. The molecule has 0 bridgehead atoms. The van der Waals surface area contributed by atoms with E-state index in [-0.39, 0.29) is 11.2 Å². The average molecular weight is 347 g/mol. The number of rotatable bonds is 1. The highest BCUT2D eigenvalue weighted by atomic mass is 16.6. The number of hydrogen-bond acceptors (Lipinski definition) is 2. The lowest BCUT2D eigenvalue weighted by molar-refractivity contribution is -0.136. The van der Waals surface area contributed by atoms with Crippen LogP contribution in [0.1, 0.15) is 85.0 Å². The van der Waals surface area contributed by atoms with Gasteiger partial charge in [-0.1, -0.05) is 13.3 Å². The van der Waals surface area contributed by atoms with Crippen LogP contribution in [0.4, 0.5) is 0 Å². The molecular weight excluding hydrogens is 308 g/mol. The summed E-state index contributed by atoms with van der Waals surface area (Å²) >= 11 is 0. The van der Waals surface area contributed by atoms with Crippen molar-refractivity contribution in [3.05, 3.63) is 0 Å². The fourth-order valence-corrected chi connectivity index (χ4v) is 8.60. The van der Waals surface area contributed by atoms with Gasteiger partial charge >= 0.3 is 0 Å². The van der Waals surface area contributed by atoms with Gasteiger partial charge in [0.15, 0.2) is 0 Å². The van der Waals surface area contributed by atoms with Crippen LogP contribution in [0.2, 0.25) is 0 Å². The molecule has 4 aliphatic carbocycles. The molecule has 4 saturated carbocycles. The van der Waals surface area contributed by atoms with E-state index in [1.54, 1.807) is 0 Å². The van der Waals surface area contributed by atoms with E-state index in [2.05, 4.69) is 20.8 Å². The molecule has 25 heavy (non-hydrogen) atoms. The van der Waals surface area contributed by atoms with E-state index < -0.39 is 0 Å². The first-order chi connectivity index (χ1) is 11.8. The van der Waals surface area contributed by atoms with Gasteiger partial charge in [0, 0.05) is 0 Å². The lowest BCUT2D eigenvalue weighted by Gasteiger charge is -2.61. The van der Waals surface area contributed by atoms with Crippen LogP contribution < -0.4 is 0 Å². The Morgan fingerprint density at radius 1 is 0.840 bits per heavy atom. The Labute approximate surface area is 154 Å². The molecule has 142 valence electrons. The zero-order valence-electron chi connectivity index (χ0n) is 16.6. The van der Waals surface area contributed by atoms with Crippen molar-refractivity contribution in [1.82, 2.24) is 0 Å². The maximum Gasteiger partial charge on any atom is 0.0921 e. The fraction of sp³-hybridized carbons (Fsp3) is 1.00. The number of epoxide rings is 1. The van der Waals surface area contributed by atoms with Gasteiger partial charge in [0.2, 0.25) is 0 Å². The second-order valence-corrected chi connectivity index (χ2v) is 11.3. The van der Waals surface area contributed by atoms with Gasteiger partial charge < -0.3 is 9.84 Å². The molecule has 1 unspecified atom stereocenters. The van der Waals surface area contributed by atoms with Gasteiger partial charge in [0.1, 0.15) is 0 Å². The Kier molecular flexibility index (Phi) is 3.73. The zero-order chi connectivity index (χ0) is 17.4. The van der Waals surface area contributed by atoms with Gasteiger partial charge in [-0.3, -0.25) is 0 Å². The highest BCUT2D eigenvalue weighted by Crippen LogP contribution is 2.66. The molecule has 0 aromatic carbocycles. The highest BCUT2D eigenvalue weighted by Gasteiger charge is 2.62. The number of aliphatic hydroxyl groups is 1. The molecule has 0 spiro atoms. The molecule has 0 aromatic heterocycles. The third-order valence-corrected chi connectivity index (χ3v) is 9.82. The maximum absolute atomic E-state index is 10.6. The average Bonchev–Trinajstić information content (AvgIpc) is 3.30. The van der Waals surface area contributed by atoms with Gasteiger partial charge in [-0.15, -0.1) is 0 Å². The quantitative estimate of drug-likeness (QED) is 0.663. The molecule has 5 rings (SSSR count). The highest BCUT2D eigenvalue weighted by molar-refractivity contribution is 5.10. The second kappa shape index (κ2) is 5.47. The van der Waals surface area contributed by atoms with Crippen LogP contribution >= 0.6 is 0 Å². The molecule has 5 fully saturated rings. The topological polar surface area (TPSA) is 32.8 Å². The molecule has 0 amide bonds. The van der Waals surface area contributed by atoms with Crippen molar-refractivity contribution in [1.29, 1.82) is 0 Å². The Bertz CT molecular complexity index is 536. The third-order valence-electron chi connectivity index (χ3n) is 9.82. The van der Waals surface area contributed by atoms with Crippen LogP contribution in [0.3, 0.4) is 0 Å². The molecule has 1 saturated heterocycles. The van der Waals surface area contributed by atoms with Gasteiger partial charge in [-0.25, -0.2) is 0 Å². The number of hydrogen-bond donors (Lipinski definition) is 1. The van der Waals surface area contributed by atoms with E-state index in [0.717, 1.165) is 55.0 Å². The minimum atomic E-state index is -0.384. The summed E-state index contributed by atoms with van der Waals surface area (Å²) in [4.78, 5) is 0. The van der Waals surface area contributed by atoms with Crippen LogP contribution in [0.15, 0.2) is 0 Å². The van der Waals surface area contributed by atoms with Crippen LogP contribution in [0.25, 0.3) is 0 Å². The van der Waals surface area contributed by atoms with Crippen molar-refractivity contribution in [2.24, 2.45) is 40.9 Å². The lowest BCUT2D eigenvalue weighted by Crippen LogP contribution is -2.55. The molecule has 2 heteroatoms. The summed E-state index contributed by atoms with van der Waals surface area (Å²) in [5.74, 6) is 5.38. The van der Waals surface area contributed by atoms with E-state index in [1.165, 1.54) is 51.4 Å². The van der Waals surface area contributed by atoms with Gasteiger partial charge in [0.25, 0.3) is 0 Å². The largest absolute Gasteiger partial charge is 0.390 e. The molecule has 1 N–H and O–H groups in total. The number of ether oxygens (including phenoxy) is 1. The normalized spacial score (nSPS) is 61.0. The van der Waals surface area contributed by atoms with Gasteiger partial charge in [-0.05, 0) is 113 Å². The van der Waals surface area contributed by atoms with Crippen molar-refractivity contribution < 1.29 is 9.84 Å². The first-order valence-electron chi connectivity index (χ1n) is 11.2. The lowest BCUT2D eigenvalue weighted by atomic mass is 9.44. The molecule has 0 radical (unpaired) electrons. The maximum atomic E-state index is 10.6. The molecular formula is C23H38O2. The van der Waals surface area contributed by atoms with Crippen LogP contribution in [0.5, 0.6) is 0 Å². The summed E-state index contributed by atoms with van der Waals surface area (Å²) < 4.78 is 5.97. The van der Waals surface area contributed by atoms with Gasteiger partial charge in [-0.2, -0.15) is 0 Å². The van der Waals surface area contributed by atoms with Crippen LogP contribution in [-0.2, 0) is 4.74 Å². The first kappa shape index (κ1) is 17.0. The monoisotopic (exact) mass is 346 g/mol. The van der Waals surface area contributed by atoms with Crippen molar-refractivity contribution in [2.75, 3.05) is 6.61 Å². The smallest absolute Gasteiger partial charge is 0.0921 e. The summed E-state index contributed by atoms with van der Waals surface area (Å²) in [6.45, 7) is 8.11. The first-order valence-corrected chi connectivity index (χ1v) is 11.2. The summed E-state index contributed by atoms with van der Waals surface area (Å²) in [6.07, 6.45) is 13.4. The van der Waals surface area contributed by atoms with Crippen LogP contribution in [0, 0.1) is 40.9 Å². The van der Waals surface area contributed by atoms with E-state index in [4.69, 9.17) is 4.74 Å². The van der Waals surface area contributed by atoms with E-state index in [9.17, 15) is 5.11 Å². The van der Waals surface area contributed by atoms with Gasteiger partial charge in [0.05, 0.1) is 17.8 Å². The van der Waals surface area contributed by atoms with Crippen molar-refractivity contribution in [2.45, 2.75) is 96.2 Å². The van der Waals surface area contributed by atoms with Crippen molar-refractivity contribution in [3.8, 4) is 0 Å². The molecule has 1 heterocycles. The Morgan fingerprint density at radius 2 is 1.60 bits per heavy atom. The summed E-state index contributed by atoms with van der Waals surface area (Å²) in [6, 6.07) is 0. The Balaban J connectivity index is 1.39. The summed E-state index contributed by atoms with van der Waals surface area (Å²) in [7, 11) is 0. The van der Waals surface area contributed by atoms with Crippen molar-refractivity contribution in [3.63, 3.8) is 0 Å². The van der Waals surface area contributed by atoms with E-state index >= 15 is 0 Å². The third kappa shape index (κ3) is 2.57. The van der Waals surface area contributed by atoms with Crippen LogP contribution in [-0.4, -0.2) is 22.9 Å². The summed E-state index contributed by atoms with van der Waals surface area (Å²) in [5.41, 5.74) is 0.351. The Morgan fingerprint density at radius 3 is 2.36 bits per heavy atom. The Hall–Kier alpha value is -0.0800. The predicted octanol–water partition coefficient (Wildman–Crippen LogP) is 5.19. The minimum absolute atomic E-state index is 0.209. The fourth-order valence-electron chi connectivity index (χ4n) is 8.60. The van der Waals surface area contributed by atoms with Crippen molar-refractivity contribution >= 4 is 0 Å². The predicted molar refractivity (Wildman–Crippen MR) is 100 cm³/mol. The van der Waals surface area contributed by atoms with E-state index in [1.807, 2.05) is 0 Å². The number of fused-ring (bicyclic) bond motifs is 5. The minimum Gasteiger partial charge on any atom is -0.390 e. The van der Waals surface area contributed by atoms with E-state index in [0.29, 0.717) is 5.41 Å². The molecule has 1 aliphatic heterocycles. The molecule has 2 nitrogen and oxygen atoms in total. The zero-order valence-corrected chi connectivity index (χ0v) is 16.6. The molecule has 0 aromatic rings. The molecule has 9 atom stereocenters. The SMILES string of the molecule is CC1([C@H]2CCC[C@H]3[C@@H]4CC[C@@H]5C[C@](C)(O)CC[C@@H]5[C@H]4CC[C@]23C)CO1. The molecule has 5 aliphatic rings. The second-order valence-electron chi connectivity index (χ2n) is 11.3.